The van der Waals surface area contributed by atoms with Gasteiger partial charge < -0.3 is 9.47 Å². The van der Waals surface area contributed by atoms with Gasteiger partial charge in [-0.2, -0.15) is 0 Å². The Bertz CT molecular complexity index is 865. The summed E-state index contributed by atoms with van der Waals surface area (Å²) in [6.45, 7) is 3.28. The number of carbonyl (C=O) groups is 1. The average molecular weight is 364 g/mol. The standard InChI is InChI=1S/C17H20N2O5S/c1-12-8-9-15(23-3)16(10-12)25(21,22)19-18-17(20)11-24-14-7-5-4-6-13(14)2/h4-10,19H,11H2,1-3H3,(H,18,20). The lowest BCUT2D eigenvalue weighted by Crippen LogP contribution is -2.43. The van der Waals surface area contributed by atoms with Crippen molar-refractivity contribution in [2.75, 3.05) is 13.7 Å². The number of hydrogen-bond donors (Lipinski definition) is 2. The lowest BCUT2D eigenvalue weighted by atomic mass is 10.2. The number of benzene rings is 2. The molecule has 7 nitrogen and oxygen atoms in total. The first-order valence-electron chi connectivity index (χ1n) is 7.47. The number of para-hydroxylation sites is 1. The first kappa shape index (κ1) is 18.8. The van der Waals surface area contributed by atoms with Gasteiger partial charge in [-0.1, -0.05) is 24.3 Å². The van der Waals surface area contributed by atoms with Crippen molar-refractivity contribution >= 4 is 15.9 Å². The summed E-state index contributed by atoms with van der Waals surface area (Å²) in [6.07, 6.45) is 0. The number of hydrazine groups is 1. The molecule has 0 aliphatic rings. The predicted octanol–water partition coefficient (Wildman–Crippen LogP) is 1.70. The van der Waals surface area contributed by atoms with Crippen LogP contribution in [0.5, 0.6) is 11.5 Å². The van der Waals surface area contributed by atoms with Crippen LogP contribution in [-0.2, 0) is 14.8 Å². The highest BCUT2D eigenvalue weighted by Crippen LogP contribution is 2.24. The molecule has 2 rings (SSSR count). The Kier molecular flexibility index (Phi) is 6.00. The van der Waals surface area contributed by atoms with Gasteiger partial charge in [-0.05, 0) is 43.2 Å². The first-order chi connectivity index (χ1) is 11.8. The average Bonchev–Trinajstić information content (AvgIpc) is 2.59. The molecule has 0 saturated carbocycles. The molecule has 0 radical (unpaired) electrons. The summed E-state index contributed by atoms with van der Waals surface area (Å²) in [4.78, 5) is 13.8. The van der Waals surface area contributed by atoms with E-state index in [1.54, 1.807) is 31.2 Å². The van der Waals surface area contributed by atoms with Crippen molar-refractivity contribution in [1.82, 2.24) is 10.3 Å². The van der Waals surface area contributed by atoms with Gasteiger partial charge in [0, 0.05) is 0 Å². The molecule has 0 aliphatic carbocycles. The highest BCUT2D eigenvalue weighted by atomic mass is 32.2. The number of ether oxygens (including phenoxy) is 2. The molecule has 2 N–H and O–H groups in total. The summed E-state index contributed by atoms with van der Waals surface area (Å²) >= 11 is 0. The Labute approximate surface area is 147 Å². The predicted molar refractivity (Wildman–Crippen MR) is 92.9 cm³/mol. The number of methoxy groups -OCH3 is 1. The van der Waals surface area contributed by atoms with Crippen molar-refractivity contribution in [1.29, 1.82) is 0 Å². The number of sulfonamides is 1. The molecule has 0 atom stereocenters. The summed E-state index contributed by atoms with van der Waals surface area (Å²) in [7, 11) is -2.60. The fourth-order valence-corrected chi connectivity index (χ4v) is 3.19. The second-order valence-electron chi connectivity index (χ2n) is 5.36. The molecule has 0 aliphatic heterocycles. The molecule has 134 valence electrons. The molecule has 0 unspecified atom stereocenters. The number of hydrogen-bond acceptors (Lipinski definition) is 5. The summed E-state index contributed by atoms with van der Waals surface area (Å²) in [6, 6.07) is 11.9. The van der Waals surface area contributed by atoms with Crippen molar-refractivity contribution in [2.45, 2.75) is 18.7 Å². The third-order valence-corrected chi connectivity index (χ3v) is 4.65. The van der Waals surface area contributed by atoms with Gasteiger partial charge in [-0.3, -0.25) is 10.2 Å². The first-order valence-corrected chi connectivity index (χ1v) is 8.95. The van der Waals surface area contributed by atoms with Crippen molar-refractivity contribution < 1.29 is 22.7 Å². The molecular weight excluding hydrogens is 344 g/mol. The Morgan fingerprint density at radius 3 is 2.48 bits per heavy atom. The second kappa shape index (κ2) is 8.00. The van der Waals surface area contributed by atoms with Crippen LogP contribution >= 0.6 is 0 Å². The molecule has 0 saturated heterocycles. The summed E-state index contributed by atoms with van der Waals surface area (Å²) in [5.41, 5.74) is 3.75. The molecule has 0 fully saturated rings. The minimum absolute atomic E-state index is 0.0601. The van der Waals surface area contributed by atoms with Crippen LogP contribution in [0.25, 0.3) is 0 Å². The van der Waals surface area contributed by atoms with Crippen molar-refractivity contribution in [3.8, 4) is 11.5 Å². The Morgan fingerprint density at radius 2 is 1.80 bits per heavy atom. The number of carbonyl (C=O) groups excluding carboxylic acids is 1. The Hall–Kier alpha value is -2.58. The van der Waals surface area contributed by atoms with Crippen LogP contribution in [0.15, 0.2) is 47.4 Å². The highest BCUT2D eigenvalue weighted by molar-refractivity contribution is 7.89. The lowest BCUT2D eigenvalue weighted by Gasteiger charge is -2.13. The highest BCUT2D eigenvalue weighted by Gasteiger charge is 2.20. The molecule has 0 aromatic heterocycles. The van der Waals surface area contributed by atoms with E-state index in [1.165, 1.54) is 13.2 Å². The van der Waals surface area contributed by atoms with E-state index in [-0.39, 0.29) is 17.3 Å². The van der Waals surface area contributed by atoms with E-state index in [2.05, 4.69) is 5.43 Å². The maximum atomic E-state index is 12.4. The fraction of sp³-hybridized carbons (Fsp3) is 0.235. The van der Waals surface area contributed by atoms with Crippen LogP contribution in [-0.4, -0.2) is 28.0 Å². The summed E-state index contributed by atoms with van der Waals surface area (Å²) < 4.78 is 35.1. The normalized spacial score (nSPS) is 11.0. The number of rotatable bonds is 7. The third-order valence-electron chi connectivity index (χ3n) is 3.39. The van der Waals surface area contributed by atoms with Crippen LogP contribution in [0.1, 0.15) is 11.1 Å². The van der Waals surface area contributed by atoms with Crippen molar-refractivity contribution in [3.05, 3.63) is 53.6 Å². The molecule has 2 aromatic rings. The van der Waals surface area contributed by atoms with Gasteiger partial charge in [-0.25, -0.2) is 8.42 Å². The van der Waals surface area contributed by atoms with Crippen molar-refractivity contribution in [2.24, 2.45) is 0 Å². The molecule has 0 bridgehead atoms. The van der Waals surface area contributed by atoms with Crippen molar-refractivity contribution in [3.63, 3.8) is 0 Å². The van der Waals surface area contributed by atoms with Gasteiger partial charge in [0.2, 0.25) is 0 Å². The van der Waals surface area contributed by atoms with Crippen LogP contribution in [0.4, 0.5) is 0 Å². The van der Waals surface area contributed by atoms with E-state index in [0.29, 0.717) is 5.75 Å². The number of amides is 1. The monoisotopic (exact) mass is 364 g/mol. The number of aryl methyl sites for hydroxylation is 2. The van der Waals surface area contributed by atoms with Gasteiger partial charge in [-0.15, -0.1) is 4.83 Å². The molecule has 25 heavy (non-hydrogen) atoms. The minimum atomic E-state index is -3.97. The quantitative estimate of drug-likeness (QED) is 0.730. The van der Waals surface area contributed by atoms with Crippen LogP contribution in [0.3, 0.4) is 0 Å². The van der Waals surface area contributed by atoms with E-state index >= 15 is 0 Å². The van der Waals surface area contributed by atoms with E-state index in [1.807, 2.05) is 23.9 Å². The van der Waals surface area contributed by atoms with Crippen LogP contribution < -0.4 is 19.7 Å². The van der Waals surface area contributed by atoms with E-state index in [0.717, 1.165) is 11.1 Å². The van der Waals surface area contributed by atoms with Gasteiger partial charge in [0.15, 0.2) is 6.61 Å². The summed E-state index contributed by atoms with van der Waals surface area (Å²) in [5, 5.41) is 0. The molecule has 0 heterocycles. The Morgan fingerprint density at radius 1 is 1.08 bits per heavy atom. The number of nitrogens with one attached hydrogen (secondary N) is 2. The SMILES string of the molecule is COc1ccc(C)cc1S(=O)(=O)NNC(=O)COc1ccccc1C. The summed E-state index contributed by atoms with van der Waals surface area (Å²) in [5.74, 6) is 0.114. The van der Waals surface area contributed by atoms with Gasteiger partial charge in [0.25, 0.3) is 15.9 Å². The molecule has 2 aromatic carbocycles. The zero-order valence-electron chi connectivity index (χ0n) is 14.2. The topological polar surface area (TPSA) is 93.7 Å². The second-order valence-corrected chi connectivity index (χ2v) is 7.01. The molecule has 8 heteroatoms. The third kappa shape index (κ3) is 4.94. The fourth-order valence-electron chi connectivity index (χ4n) is 2.07. The van der Waals surface area contributed by atoms with Crippen LogP contribution in [0.2, 0.25) is 0 Å². The van der Waals surface area contributed by atoms with Gasteiger partial charge >= 0.3 is 0 Å². The maximum absolute atomic E-state index is 12.4. The van der Waals surface area contributed by atoms with Crippen LogP contribution in [0, 0.1) is 13.8 Å². The van der Waals surface area contributed by atoms with Gasteiger partial charge in [0.1, 0.15) is 16.4 Å². The van der Waals surface area contributed by atoms with E-state index in [9.17, 15) is 13.2 Å². The zero-order chi connectivity index (χ0) is 18.4. The molecule has 1 amide bonds. The van der Waals surface area contributed by atoms with E-state index < -0.39 is 15.9 Å². The largest absolute Gasteiger partial charge is 0.495 e. The lowest BCUT2D eigenvalue weighted by molar-refractivity contribution is -0.123. The van der Waals surface area contributed by atoms with E-state index in [4.69, 9.17) is 9.47 Å². The minimum Gasteiger partial charge on any atom is -0.495 e. The molecular formula is C17H20N2O5S. The van der Waals surface area contributed by atoms with Gasteiger partial charge in [0.05, 0.1) is 7.11 Å². The zero-order valence-corrected chi connectivity index (χ0v) is 15.0. The molecule has 0 spiro atoms. The maximum Gasteiger partial charge on any atom is 0.272 e. The Balaban J connectivity index is 1.99. The smallest absolute Gasteiger partial charge is 0.272 e.